The molecular weight excluding hydrogens is 279 g/mol. The lowest BCUT2D eigenvalue weighted by atomic mass is 10.0. The molecule has 5 nitrogen and oxygen atoms in total. The summed E-state index contributed by atoms with van der Waals surface area (Å²) in [5.41, 5.74) is -0.405. The molecule has 0 saturated carbocycles. The van der Waals surface area contributed by atoms with Crippen molar-refractivity contribution in [2.45, 2.75) is 19.7 Å². The van der Waals surface area contributed by atoms with Gasteiger partial charge < -0.3 is 14.6 Å². The molecule has 0 amide bonds. The highest BCUT2D eigenvalue weighted by Crippen LogP contribution is 2.31. The number of alkyl halides is 3. The van der Waals surface area contributed by atoms with Crippen LogP contribution in [0.15, 0.2) is 12.1 Å². The highest BCUT2D eigenvalue weighted by atomic mass is 19.4. The Morgan fingerprint density at radius 3 is 2.60 bits per heavy atom. The molecule has 0 aromatic heterocycles. The summed E-state index contributed by atoms with van der Waals surface area (Å²) < 4.78 is 44.4. The molecule has 108 valence electrons. The van der Waals surface area contributed by atoms with Gasteiger partial charge in [0.2, 0.25) is 0 Å². The van der Waals surface area contributed by atoms with Crippen molar-refractivity contribution in [3.8, 4) is 17.6 Å². The number of carbonyl (C=O) groups excluding carboxylic acids is 1. The molecule has 0 fully saturated rings. The summed E-state index contributed by atoms with van der Waals surface area (Å²) in [5, 5.41) is 18.5. The van der Waals surface area contributed by atoms with E-state index in [9.17, 15) is 23.1 Å². The Labute approximate surface area is 112 Å². The average molecular weight is 289 g/mol. The van der Waals surface area contributed by atoms with Gasteiger partial charge in [-0.3, -0.25) is 4.79 Å². The maximum absolute atomic E-state index is 12.1. The molecule has 1 rings (SSSR count). The smallest absolute Gasteiger partial charge is 0.507 e. The number of nitriles is 1. The number of carbonyl (C=O) groups is 1. The van der Waals surface area contributed by atoms with Crippen molar-refractivity contribution < 1.29 is 32.5 Å². The van der Waals surface area contributed by atoms with Crippen LogP contribution in [0.25, 0.3) is 0 Å². The van der Waals surface area contributed by atoms with E-state index in [-0.39, 0.29) is 17.7 Å². The molecule has 1 aromatic carbocycles. The third-order valence-electron chi connectivity index (χ3n) is 2.18. The first-order valence-corrected chi connectivity index (χ1v) is 5.44. The lowest BCUT2D eigenvalue weighted by Crippen LogP contribution is -2.17. The lowest BCUT2D eigenvalue weighted by Gasteiger charge is -2.12. The lowest BCUT2D eigenvalue weighted by molar-refractivity contribution is -0.274. The van der Waals surface area contributed by atoms with Gasteiger partial charge in [-0.05, 0) is 13.0 Å². The molecule has 0 unspecified atom stereocenters. The number of hydrogen-bond acceptors (Lipinski definition) is 5. The number of nitrogens with zero attached hydrogens (tertiary/aromatic N) is 1. The summed E-state index contributed by atoms with van der Waals surface area (Å²) in [4.78, 5) is 11.3. The first kappa shape index (κ1) is 15.6. The molecule has 8 heteroatoms. The first-order chi connectivity index (χ1) is 9.26. The van der Waals surface area contributed by atoms with E-state index in [2.05, 4.69) is 9.47 Å². The van der Waals surface area contributed by atoms with E-state index in [1.54, 1.807) is 13.0 Å². The van der Waals surface area contributed by atoms with E-state index in [0.29, 0.717) is 6.07 Å². The molecular formula is C12H10F3NO4. The number of esters is 1. The minimum absolute atomic E-state index is 0.108. The van der Waals surface area contributed by atoms with Gasteiger partial charge in [0.25, 0.3) is 0 Å². The topological polar surface area (TPSA) is 79.6 Å². The summed E-state index contributed by atoms with van der Waals surface area (Å²) in [7, 11) is 0. The molecule has 0 aliphatic carbocycles. The third kappa shape index (κ3) is 4.35. The molecule has 0 atom stereocenters. The zero-order chi connectivity index (χ0) is 15.3. The zero-order valence-corrected chi connectivity index (χ0v) is 10.3. The van der Waals surface area contributed by atoms with E-state index >= 15 is 0 Å². The number of hydrogen-bond donors (Lipinski definition) is 1. The Bertz CT molecular complexity index is 549. The summed E-state index contributed by atoms with van der Waals surface area (Å²) >= 11 is 0. The van der Waals surface area contributed by atoms with Crippen molar-refractivity contribution in [1.29, 1.82) is 5.26 Å². The van der Waals surface area contributed by atoms with Crippen molar-refractivity contribution >= 4 is 5.97 Å². The fraction of sp³-hybridized carbons (Fsp3) is 0.333. The summed E-state index contributed by atoms with van der Waals surface area (Å²) in [6, 6.07) is 3.07. The number of phenolic OH excluding ortho intramolecular Hbond substituents is 1. The van der Waals surface area contributed by atoms with Crippen molar-refractivity contribution in [3.63, 3.8) is 0 Å². The van der Waals surface area contributed by atoms with Crippen LogP contribution in [0, 0.1) is 11.3 Å². The van der Waals surface area contributed by atoms with Gasteiger partial charge in [-0.1, -0.05) is 0 Å². The molecule has 0 spiro atoms. The highest BCUT2D eigenvalue weighted by molar-refractivity contribution is 5.75. The second-order valence-electron chi connectivity index (χ2n) is 3.61. The van der Waals surface area contributed by atoms with E-state index < -0.39 is 30.3 Å². The Hall–Kier alpha value is -2.43. The number of halogens is 3. The van der Waals surface area contributed by atoms with Gasteiger partial charge >= 0.3 is 12.3 Å². The van der Waals surface area contributed by atoms with E-state index in [4.69, 9.17) is 5.26 Å². The Kier molecular flexibility index (Phi) is 4.80. The second kappa shape index (κ2) is 6.14. The maximum atomic E-state index is 12.1. The van der Waals surface area contributed by atoms with Crippen molar-refractivity contribution in [2.24, 2.45) is 0 Å². The number of benzene rings is 1. The second-order valence-corrected chi connectivity index (χ2v) is 3.61. The molecule has 0 aliphatic heterocycles. The SMILES string of the molecule is CCOC(=O)Cc1c(O)cc(OC(F)(F)F)cc1C#N. The van der Waals surface area contributed by atoms with Crippen LogP contribution in [0.4, 0.5) is 13.2 Å². The van der Waals surface area contributed by atoms with Gasteiger partial charge in [-0.2, -0.15) is 5.26 Å². The van der Waals surface area contributed by atoms with Crippen LogP contribution in [0.2, 0.25) is 0 Å². The number of ether oxygens (including phenoxy) is 2. The Morgan fingerprint density at radius 2 is 2.10 bits per heavy atom. The van der Waals surface area contributed by atoms with E-state index in [0.717, 1.165) is 6.07 Å². The van der Waals surface area contributed by atoms with Gasteiger partial charge in [0.05, 0.1) is 24.7 Å². The van der Waals surface area contributed by atoms with Gasteiger partial charge in [-0.15, -0.1) is 13.2 Å². The van der Waals surface area contributed by atoms with E-state index in [1.165, 1.54) is 0 Å². The molecule has 0 aliphatic rings. The number of phenols is 1. The van der Waals surface area contributed by atoms with Crippen molar-refractivity contribution in [1.82, 2.24) is 0 Å². The van der Waals surface area contributed by atoms with Crippen LogP contribution in [0.3, 0.4) is 0 Å². The first-order valence-electron chi connectivity index (χ1n) is 5.44. The van der Waals surface area contributed by atoms with Crippen molar-refractivity contribution in [3.05, 3.63) is 23.3 Å². The molecule has 0 radical (unpaired) electrons. The van der Waals surface area contributed by atoms with Crippen LogP contribution in [0.5, 0.6) is 11.5 Å². The molecule has 0 bridgehead atoms. The van der Waals surface area contributed by atoms with Crippen LogP contribution in [-0.4, -0.2) is 24.0 Å². The molecule has 20 heavy (non-hydrogen) atoms. The fourth-order valence-corrected chi connectivity index (χ4v) is 1.47. The summed E-state index contributed by atoms with van der Waals surface area (Å²) in [6.45, 7) is 1.68. The quantitative estimate of drug-likeness (QED) is 0.860. The molecule has 0 saturated heterocycles. The summed E-state index contributed by atoms with van der Waals surface area (Å²) in [5.74, 6) is -2.08. The predicted molar refractivity (Wildman–Crippen MR) is 59.8 cm³/mol. The standard InChI is InChI=1S/C12H10F3NO4/c1-2-19-11(18)5-9-7(6-16)3-8(4-10(9)17)20-12(13,14)15/h3-4,17H,2,5H2,1H3. The minimum Gasteiger partial charge on any atom is -0.507 e. The largest absolute Gasteiger partial charge is 0.573 e. The normalized spacial score (nSPS) is 10.8. The van der Waals surface area contributed by atoms with Crippen LogP contribution in [-0.2, 0) is 16.0 Å². The average Bonchev–Trinajstić information content (AvgIpc) is 2.30. The minimum atomic E-state index is -4.94. The van der Waals surface area contributed by atoms with Gasteiger partial charge in [0, 0.05) is 11.6 Å². The maximum Gasteiger partial charge on any atom is 0.573 e. The Balaban J connectivity index is 3.09. The van der Waals surface area contributed by atoms with Gasteiger partial charge in [-0.25, -0.2) is 0 Å². The number of rotatable bonds is 4. The Morgan fingerprint density at radius 1 is 1.45 bits per heavy atom. The fourth-order valence-electron chi connectivity index (χ4n) is 1.47. The third-order valence-corrected chi connectivity index (χ3v) is 2.18. The molecule has 1 aromatic rings. The van der Waals surface area contributed by atoms with Gasteiger partial charge in [0.1, 0.15) is 11.5 Å². The van der Waals surface area contributed by atoms with Crippen molar-refractivity contribution in [2.75, 3.05) is 6.61 Å². The molecule has 0 heterocycles. The van der Waals surface area contributed by atoms with E-state index in [1.807, 2.05) is 0 Å². The molecule has 1 N–H and O–H groups in total. The van der Waals surface area contributed by atoms with Crippen LogP contribution in [0.1, 0.15) is 18.1 Å². The zero-order valence-electron chi connectivity index (χ0n) is 10.3. The highest BCUT2D eigenvalue weighted by Gasteiger charge is 2.32. The number of aromatic hydroxyl groups is 1. The van der Waals surface area contributed by atoms with Gasteiger partial charge in [0.15, 0.2) is 0 Å². The van der Waals surface area contributed by atoms with Crippen LogP contribution >= 0.6 is 0 Å². The predicted octanol–water partition coefficient (Wildman–Crippen LogP) is 2.27. The van der Waals surface area contributed by atoms with Crippen LogP contribution < -0.4 is 4.74 Å². The summed E-state index contributed by atoms with van der Waals surface area (Å²) in [6.07, 6.45) is -5.36. The monoisotopic (exact) mass is 289 g/mol.